The van der Waals surface area contributed by atoms with Crippen LogP contribution in [0.3, 0.4) is 0 Å². The predicted molar refractivity (Wildman–Crippen MR) is 169 cm³/mol. The minimum atomic E-state index is -0.561. The number of aryl methyl sites for hydroxylation is 1. The molecule has 47 heavy (non-hydrogen) atoms. The van der Waals surface area contributed by atoms with Crippen molar-refractivity contribution in [3.8, 4) is 34.8 Å². The summed E-state index contributed by atoms with van der Waals surface area (Å²) in [5.41, 5.74) is 6.43. The van der Waals surface area contributed by atoms with E-state index in [1.54, 1.807) is 7.11 Å². The predicted octanol–water partition coefficient (Wildman–Crippen LogP) is 4.10. The molecule has 0 spiro atoms. The fourth-order valence-corrected chi connectivity index (χ4v) is 8.96. The van der Waals surface area contributed by atoms with Crippen molar-refractivity contribution in [3.05, 3.63) is 74.8 Å². The minimum absolute atomic E-state index is 0.00638. The SMILES string of the molecule is COc1c(C)cc2c(c1O)C1C3Cc4c(OC(C)=O)c(C)c5c(c4[C@H](CN4Cc6ccccc6C4=O)N3C(C#N)C(C2)N1C)OCO5. The van der Waals surface area contributed by atoms with Crippen LogP contribution in [0.15, 0.2) is 30.3 Å². The molecule has 1 amide bonds. The highest BCUT2D eigenvalue weighted by Crippen LogP contribution is 2.58. The molecule has 242 valence electrons. The number of carbonyl (C=O) groups excluding carboxylic acids is 2. The lowest BCUT2D eigenvalue weighted by Crippen LogP contribution is -2.68. The summed E-state index contributed by atoms with van der Waals surface area (Å²) in [6, 6.07) is 10.4. The Morgan fingerprint density at radius 2 is 1.85 bits per heavy atom. The second kappa shape index (κ2) is 10.6. The number of likely N-dealkylation sites (N-methyl/N-ethyl adjacent to an activating group) is 1. The zero-order valence-corrected chi connectivity index (χ0v) is 27.0. The van der Waals surface area contributed by atoms with Crippen LogP contribution in [0, 0.1) is 25.2 Å². The Hall–Kier alpha value is -4.79. The molecule has 5 aliphatic heterocycles. The van der Waals surface area contributed by atoms with Crippen molar-refractivity contribution in [2.45, 2.75) is 70.4 Å². The number of piperazine rings is 1. The van der Waals surface area contributed by atoms with E-state index >= 15 is 0 Å². The van der Waals surface area contributed by atoms with E-state index < -0.39 is 18.1 Å². The van der Waals surface area contributed by atoms with Crippen LogP contribution in [0.1, 0.15) is 68.3 Å². The maximum atomic E-state index is 13.8. The summed E-state index contributed by atoms with van der Waals surface area (Å²) in [6.07, 6.45) is 0.954. The highest BCUT2D eigenvalue weighted by atomic mass is 16.7. The molecule has 0 aromatic heterocycles. The first-order valence-electron chi connectivity index (χ1n) is 15.9. The van der Waals surface area contributed by atoms with Crippen LogP contribution >= 0.6 is 0 Å². The number of hydrogen-bond acceptors (Lipinski definition) is 10. The Bertz CT molecular complexity index is 1920. The van der Waals surface area contributed by atoms with E-state index in [1.165, 1.54) is 6.92 Å². The fraction of sp³-hybridized carbons (Fsp3) is 0.417. The zero-order valence-electron chi connectivity index (χ0n) is 27.0. The number of aromatic hydroxyl groups is 1. The lowest BCUT2D eigenvalue weighted by atomic mass is 9.71. The Kier molecular flexibility index (Phi) is 6.69. The third kappa shape index (κ3) is 4.11. The van der Waals surface area contributed by atoms with E-state index in [4.69, 9.17) is 18.9 Å². The number of rotatable bonds is 4. The number of amides is 1. The standard InChI is InChI=1S/C36H36N4O7/c1-17-10-21-11-24-26(13-37)40-25(30(38(24)4)28(21)31(42)32(17)44-5)12-23-29(35-34(45-16-46-35)18(2)33(23)47-19(3)41)27(40)15-39-14-20-8-6-7-9-22(20)36(39)43/h6-10,24-27,30,42H,11-12,14-16H2,1-5H3/t24?,25?,26?,27-,30?/m0/s1. The van der Waals surface area contributed by atoms with Crippen molar-refractivity contribution in [1.29, 1.82) is 5.26 Å². The largest absolute Gasteiger partial charge is 0.504 e. The van der Waals surface area contributed by atoms with Gasteiger partial charge < -0.3 is 29.0 Å². The summed E-state index contributed by atoms with van der Waals surface area (Å²) in [5, 5.41) is 22.7. The van der Waals surface area contributed by atoms with Gasteiger partial charge in [-0.05, 0) is 56.5 Å². The maximum Gasteiger partial charge on any atom is 0.308 e. The van der Waals surface area contributed by atoms with Crippen LogP contribution in [-0.2, 0) is 24.2 Å². The number of ether oxygens (including phenoxy) is 4. The van der Waals surface area contributed by atoms with Crippen LogP contribution in [0.4, 0.5) is 0 Å². The van der Waals surface area contributed by atoms with Gasteiger partial charge in [0.05, 0.1) is 25.3 Å². The van der Waals surface area contributed by atoms with Crippen LogP contribution < -0.4 is 18.9 Å². The minimum Gasteiger partial charge on any atom is -0.504 e. The smallest absolute Gasteiger partial charge is 0.308 e. The topological polar surface area (TPSA) is 125 Å². The fourth-order valence-electron chi connectivity index (χ4n) is 8.96. The Morgan fingerprint density at radius 3 is 2.57 bits per heavy atom. The van der Waals surface area contributed by atoms with E-state index in [0.717, 1.165) is 33.4 Å². The Balaban J connectivity index is 1.36. The third-order valence-corrected chi connectivity index (χ3v) is 10.8. The number of methoxy groups -OCH3 is 1. The molecule has 11 heteroatoms. The first-order chi connectivity index (χ1) is 22.6. The number of nitrogens with zero attached hydrogens (tertiary/aromatic N) is 4. The van der Waals surface area contributed by atoms with Gasteiger partial charge in [0.25, 0.3) is 5.91 Å². The molecule has 1 saturated heterocycles. The number of fused-ring (bicyclic) bond motifs is 10. The molecule has 4 unspecified atom stereocenters. The molecule has 0 radical (unpaired) electrons. The number of nitriles is 1. The third-order valence-electron chi connectivity index (χ3n) is 10.8. The molecule has 0 saturated carbocycles. The van der Waals surface area contributed by atoms with E-state index in [0.29, 0.717) is 53.5 Å². The molecular formula is C36H36N4O7. The van der Waals surface area contributed by atoms with E-state index in [-0.39, 0.29) is 43.1 Å². The molecule has 11 nitrogen and oxygen atoms in total. The summed E-state index contributed by atoms with van der Waals surface area (Å²) in [5.74, 6) is 1.47. The number of phenolic OH excluding ortho intramolecular Hbond substituents is 1. The average molecular weight is 637 g/mol. The van der Waals surface area contributed by atoms with Gasteiger partial charge in [-0.25, -0.2) is 0 Å². The van der Waals surface area contributed by atoms with Crippen molar-refractivity contribution >= 4 is 11.9 Å². The first-order valence-corrected chi connectivity index (χ1v) is 15.9. The van der Waals surface area contributed by atoms with Crippen LogP contribution in [-0.4, -0.2) is 77.3 Å². The summed E-state index contributed by atoms with van der Waals surface area (Å²) in [4.78, 5) is 32.6. The van der Waals surface area contributed by atoms with Gasteiger partial charge in [-0.1, -0.05) is 24.3 Å². The summed E-state index contributed by atoms with van der Waals surface area (Å²) < 4.78 is 23.7. The van der Waals surface area contributed by atoms with Crippen molar-refractivity contribution < 1.29 is 33.6 Å². The molecule has 1 fully saturated rings. The van der Waals surface area contributed by atoms with Crippen molar-refractivity contribution in [2.75, 3.05) is 27.5 Å². The van der Waals surface area contributed by atoms with Crippen LogP contribution in [0.2, 0.25) is 0 Å². The molecule has 5 aliphatic rings. The number of carbonyl (C=O) groups is 2. The van der Waals surface area contributed by atoms with Crippen LogP contribution in [0.5, 0.6) is 28.7 Å². The van der Waals surface area contributed by atoms with Gasteiger partial charge in [-0.2, -0.15) is 5.26 Å². The van der Waals surface area contributed by atoms with E-state index in [1.807, 2.05) is 50.1 Å². The molecule has 0 aliphatic carbocycles. The van der Waals surface area contributed by atoms with Gasteiger partial charge in [0.15, 0.2) is 23.0 Å². The van der Waals surface area contributed by atoms with Gasteiger partial charge in [0.2, 0.25) is 6.79 Å². The molecular weight excluding hydrogens is 600 g/mol. The van der Waals surface area contributed by atoms with E-state index in [9.17, 15) is 20.0 Å². The average Bonchev–Trinajstić information content (AvgIpc) is 3.65. The maximum absolute atomic E-state index is 13.8. The highest BCUT2D eigenvalue weighted by Gasteiger charge is 2.57. The lowest BCUT2D eigenvalue weighted by Gasteiger charge is -2.60. The molecule has 5 atom stereocenters. The van der Waals surface area contributed by atoms with Gasteiger partial charge in [-0.3, -0.25) is 19.4 Å². The Morgan fingerprint density at radius 1 is 1.09 bits per heavy atom. The number of hydrogen-bond donors (Lipinski definition) is 1. The van der Waals surface area contributed by atoms with Crippen molar-refractivity contribution in [2.24, 2.45) is 0 Å². The molecule has 5 heterocycles. The number of phenols is 1. The van der Waals surface area contributed by atoms with Crippen molar-refractivity contribution in [1.82, 2.24) is 14.7 Å². The Labute approximate surface area is 272 Å². The lowest BCUT2D eigenvalue weighted by molar-refractivity contribution is -0.132. The molecule has 3 aromatic carbocycles. The number of benzene rings is 3. The zero-order chi connectivity index (χ0) is 32.9. The molecule has 8 rings (SSSR count). The molecule has 2 bridgehead atoms. The molecule has 1 N–H and O–H groups in total. The van der Waals surface area contributed by atoms with Crippen molar-refractivity contribution in [3.63, 3.8) is 0 Å². The second-order valence-electron chi connectivity index (χ2n) is 13.2. The normalized spacial score (nSPS) is 25.4. The first kappa shape index (κ1) is 29.6. The monoisotopic (exact) mass is 636 g/mol. The summed E-state index contributed by atoms with van der Waals surface area (Å²) in [6.45, 7) is 5.85. The second-order valence-corrected chi connectivity index (χ2v) is 13.2. The number of esters is 1. The van der Waals surface area contributed by atoms with Crippen LogP contribution in [0.25, 0.3) is 0 Å². The highest BCUT2D eigenvalue weighted by molar-refractivity contribution is 5.98. The van der Waals surface area contributed by atoms with Gasteiger partial charge >= 0.3 is 5.97 Å². The van der Waals surface area contributed by atoms with Gasteiger partial charge in [0, 0.05) is 59.9 Å². The van der Waals surface area contributed by atoms with Gasteiger partial charge in [0.1, 0.15) is 11.8 Å². The summed E-state index contributed by atoms with van der Waals surface area (Å²) >= 11 is 0. The van der Waals surface area contributed by atoms with Gasteiger partial charge in [-0.15, -0.1) is 0 Å². The quantitative estimate of drug-likeness (QED) is 0.331. The van der Waals surface area contributed by atoms with E-state index in [2.05, 4.69) is 21.9 Å². The summed E-state index contributed by atoms with van der Waals surface area (Å²) in [7, 11) is 3.56. The molecule has 3 aromatic rings.